The van der Waals surface area contributed by atoms with Gasteiger partial charge < -0.3 is 0 Å². The Morgan fingerprint density at radius 3 is 1.95 bits per heavy atom. The molecule has 0 amide bonds. The van der Waals surface area contributed by atoms with Crippen molar-refractivity contribution in [3.05, 3.63) is 99.5 Å². The summed E-state index contributed by atoms with van der Waals surface area (Å²) >= 11 is 11.4. The van der Waals surface area contributed by atoms with Crippen LogP contribution in [0.25, 0.3) is 0 Å². The molecule has 0 unspecified atom stereocenters. The van der Waals surface area contributed by atoms with Crippen LogP contribution in [0.15, 0.2) is 88.2 Å². The van der Waals surface area contributed by atoms with Crippen LogP contribution < -0.4 is 0 Å². The van der Waals surface area contributed by atoms with Crippen LogP contribution in [0.5, 0.6) is 0 Å². The van der Waals surface area contributed by atoms with Gasteiger partial charge in [0.2, 0.25) is 0 Å². The van der Waals surface area contributed by atoms with E-state index in [2.05, 4.69) is 76.6 Å². The maximum Gasteiger partial charge on any atom is 0.0593 e. The Bertz CT molecular complexity index is 724. The highest BCUT2D eigenvalue weighted by molar-refractivity contribution is 9.10. The average Bonchev–Trinajstić information content (AvgIpc) is 2.56. The van der Waals surface area contributed by atoms with Crippen molar-refractivity contribution in [2.24, 2.45) is 0 Å². The maximum absolute atomic E-state index is 6.03. The maximum atomic E-state index is 6.03. The van der Waals surface area contributed by atoms with Crippen LogP contribution in [0, 0.1) is 0 Å². The quantitative estimate of drug-likeness (QED) is 0.433. The van der Waals surface area contributed by atoms with Gasteiger partial charge in [0.15, 0.2) is 0 Å². The van der Waals surface area contributed by atoms with E-state index in [4.69, 9.17) is 11.6 Å². The number of hydrogen-bond donors (Lipinski definition) is 0. The third-order valence-corrected chi connectivity index (χ3v) is 5.45. The van der Waals surface area contributed by atoms with E-state index in [9.17, 15) is 0 Å². The Hall–Kier alpha value is -1.22. The number of thioether (sulfide) groups is 1. The number of hydrogen-bond acceptors (Lipinski definition) is 1. The summed E-state index contributed by atoms with van der Waals surface area (Å²) in [4.78, 5) is 1.24. The van der Waals surface area contributed by atoms with Gasteiger partial charge in [0.05, 0.1) is 5.25 Å². The molecule has 22 heavy (non-hydrogen) atoms. The second-order valence-corrected chi connectivity index (χ2v) is 7.44. The van der Waals surface area contributed by atoms with Crippen molar-refractivity contribution in [3.63, 3.8) is 0 Å². The Kier molecular flexibility index (Phi) is 5.24. The second-order valence-electron chi connectivity index (χ2n) is 4.91. The molecule has 0 spiro atoms. The molecule has 3 rings (SSSR count). The van der Waals surface area contributed by atoms with Gasteiger partial charge in [0, 0.05) is 14.4 Å². The fourth-order valence-electron chi connectivity index (χ4n) is 2.24. The zero-order chi connectivity index (χ0) is 15.4. The molecule has 0 saturated heterocycles. The normalized spacial score (nSPS) is 12.1. The molecule has 3 heteroatoms. The summed E-state index contributed by atoms with van der Waals surface area (Å²) in [7, 11) is 0. The molecule has 0 fully saturated rings. The summed E-state index contributed by atoms with van der Waals surface area (Å²) in [6.45, 7) is 0. The lowest BCUT2D eigenvalue weighted by atomic mass is 10.0. The van der Waals surface area contributed by atoms with Gasteiger partial charge in [-0.2, -0.15) is 0 Å². The molecule has 0 aromatic heterocycles. The third-order valence-electron chi connectivity index (χ3n) is 3.34. The zero-order valence-electron chi connectivity index (χ0n) is 11.7. The molecule has 0 radical (unpaired) electrons. The molecule has 3 aromatic rings. The lowest BCUT2D eigenvalue weighted by Crippen LogP contribution is -1.96. The number of rotatable bonds is 4. The predicted octanol–water partition coefficient (Wildman–Crippen LogP) is 6.98. The first-order valence-electron chi connectivity index (χ1n) is 6.95. The fraction of sp³-hybridized carbons (Fsp3) is 0.0526. The fourth-order valence-corrected chi connectivity index (χ4v) is 3.79. The molecule has 0 aliphatic carbocycles. The topological polar surface area (TPSA) is 0 Å². The van der Waals surface area contributed by atoms with Gasteiger partial charge in [0.25, 0.3) is 0 Å². The highest BCUT2D eigenvalue weighted by Gasteiger charge is 2.15. The highest BCUT2D eigenvalue weighted by atomic mass is 79.9. The van der Waals surface area contributed by atoms with Crippen LogP contribution in [0.1, 0.15) is 16.4 Å². The lowest BCUT2D eigenvalue weighted by molar-refractivity contribution is 1.15. The third kappa shape index (κ3) is 3.95. The Morgan fingerprint density at radius 2 is 1.32 bits per heavy atom. The van der Waals surface area contributed by atoms with Gasteiger partial charge in [-0.3, -0.25) is 0 Å². The predicted molar refractivity (Wildman–Crippen MR) is 99.7 cm³/mol. The second kappa shape index (κ2) is 7.36. The largest absolute Gasteiger partial charge is 0.113 e. The molecule has 0 N–H and O–H groups in total. The highest BCUT2D eigenvalue weighted by Crippen LogP contribution is 2.40. The van der Waals surface area contributed by atoms with E-state index in [1.807, 2.05) is 30.0 Å². The van der Waals surface area contributed by atoms with Crippen molar-refractivity contribution in [2.75, 3.05) is 0 Å². The summed E-state index contributed by atoms with van der Waals surface area (Å²) in [5.74, 6) is 0. The Balaban J connectivity index is 1.96. The summed E-state index contributed by atoms with van der Waals surface area (Å²) in [5.41, 5.74) is 2.54. The van der Waals surface area contributed by atoms with Gasteiger partial charge in [-0.25, -0.2) is 0 Å². The minimum absolute atomic E-state index is 0.250. The molecule has 0 bridgehead atoms. The van der Waals surface area contributed by atoms with Crippen molar-refractivity contribution in [3.8, 4) is 0 Å². The number of benzene rings is 3. The van der Waals surface area contributed by atoms with Gasteiger partial charge >= 0.3 is 0 Å². The average molecular weight is 390 g/mol. The van der Waals surface area contributed by atoms with E-state index in [-0.39, 0.29) is 5.25 Å². The van der Waals surface area contributed by atoms with Gasteiger partial charge in [0.1, 0.15) is 0 Å². The SMILES string of the molecule is Clc1ccc([C@H](Sc2ccc(Br)cc2)c2ccccc2)cc1. The monoisotopic (exact) mass is 388 g/mol. The van der Waals surface area contributed by atoms with Crippen molar-refractivity contribution < 1.29 is 0 Å². The summed E-state index contributed by atoms with van der Waals surface area (Å²) in [5, 5.41) is 1.02. The van der Waals surface area contributed by atoms with E-state index < -0.39 is 0 Å². The molecule has 0 aliphatic heterocycles. The summed E-state index contributed by atoms with van der Waals surface area (Å²) in [6.07, 6.45) is 0. The van der Waals surface area contributed by atoms with Crippen molar-refractivity contribution >= 4 is 39.3 Å². The van der Waals surface area contributed by atoms with Crippen LogP contribution in [0.4, 0.5) is 0 Å². The van der Waals surface area contributed by atoms with Crippen LogP contribution in [-0.4, -0.2) is 0 Å². The molecular weight excluding hydrogens is 376 g/mol. The standard InChI is InChI=1S/C19H14BrClS/c20-16-8-12-18(13-9-16)22-19(14-4-2-1-3-5-14)15-6-10-17(21)11-7-15/h1-13,19H/t19-/m1/s1. The molecule has 0 heterocycles. The molecular formula is C19H14BrClS. The summed E-state index contributed by atoms with van der Waals surface area (Å²) < 4.78 is 1.10. The minimum atomic E-state index is 0.250. The lowest BCUT2D eigenvalue weighted by Gasteiger charge is -2.18. The smallest absolute Gasteiger partial charge is 0.0593 e. The van der Waals surface area contributed by atoms with Crippen LogP contribution >= 0.6 is 39.3 Å². The first-order valence-corrected chi connectivity index (χ1v) is 9.00. The van der Waals surface area contributed by atoms with E-state index >= 15 is 0 Å². The van der Waals surface area contributed by atoms with E-state index in [1.54, 1.807) is 0 Å². The van der Waals surface area contributed by atoms with Crippen molar-refractivity contribution in [1.82, 2.24) is 0 Å². The van der Waals surface area contributed by atoms with Crippen LogP contribution in [0.2, 0.25) is 5.02 Å². The van der Waals surface area contributed by atoms with E-state index in [0.717, 1.165) is 9.50 Å². The van der Waals surface area contributed by atoms with E-state index in [0.29, 0.717) is 0 Å². The zero-order valence-corrected chi connectivity index (χ0v) is 14.9. The van der Waals surface area contributed by atoms with E-state index in [1.165, 1.54) is 16.0 Å². The Labute approximate surface area is 148 Å². The molecule has 0 saturated carbocycles. The molecule has 0 nitrogen and oxygen atoms in total. The Morgan fingerprint density at radius 1 is 0.727 bits per heavy atom. The van der Waals surface area contributed by atoms with Crippen molar-refractivity contribution in [1.29, 1.82) is 0 Å². The first kappa shape index (κ1) is 15.7. The molecule has 1 atom stereocenters. The van der Waals surface area contributed by atoms with Crippen LogP contribution in [0.3, 0.4) is 0 Å². The number of halogens is 2. The van der Waals surface area contributed by atoms with Gasteiger partial charge in [-0.1, -0.05) is 70.0 Å². The summed E-state index contributed by atoms with van der Waals surface area (Å²) in [6, 6.07) is 27.1. The minimum Gasteiger partial charge on any atom is -0.113 e. The molecule has 3 aromatic carbocycles. The molecule has 0 aliphatic rings. The van der Waals surface area contributed by atoms with Crippen molar-refractivity contribution in [2.45, 2.75) is 10.1 Å². The first-order chi connectivity index (χ1) is 10.7. The molecule has 110 valence electrons. The van der Waals surface area contributed by atoms with Gasteiger partial charge in [-0.05, 0) is 47.5 Å². The van der Waals surface area contributed by atoms with Gasteiger partial charge in [-0.15, -0.1) is 11.8 Å². The van der Waals surface area contributed by atoms with Crippen LogP contribution in [-0.2, 0) is 0 Å².